The average molecular weight is 272 g/mol. The molecular formula is C17H21FN2. The van der Waals surface area contributed by atoms with E-state index in [2.05, 4.69) is 48.4 Å². The highest BCUT2D eigenvalue weighted by atomic mass is 19.1. The molecular weight excluding hydrogens is 251 g/mol. The Balaban J connectivity index is 1.95. The second-order valence-electron chi connectivity index (χ2n) is 5.08. The standard InChI is InChI=1S/C17H21FN2/c1-3-16(17-10-9-15(18)12-20-17)19-11-13(2)14-7-5-4-6-8-14/h4-10,12-13,16,19H,3,11H2,1-2H3. The minimum atomic E-state index is -0.291. The maximum Gasteiger partial charge on any atom is 0.141 e. The number of aromatic nitrogens is 1. The first-order valence-corrected chi connectivity index (χ1v) is 7.10. The van der Waals surface area contributed by atoms with Gasteiger partial charge in [-0.1, -0.05) is 44.2 Å². The molecule has 2 rings (SSSR count). The lowest BCUT2D eigenvalue weighted by Crippen LogP contribution is -2.25. The highest BCUT2D eigenvalue weighted by molar-refractivity contribution is 5.19. The summed E-state index contributed by atoms with van der Waals surface area (Å²) < 4.78 is 12.9. The molecule has 0 bridgehead atoms. The van der Waals surface area contributed by atoms with Crippen LogP contribution in [0.25, 0.3) is 0 Å². The molecule has 0 saturated carbocycles. The van der Waals surface area contributed by atoms with Crippen molar-refractivity contribution in [2.75, 3.05) is 6.54 Å². The molecule has 0 fully saturated rings. The minimum absolute atomic E-state index is 0.168. The number of rotatable bonds is 6. The number of hydrogen-bond acceptors (Lipinski definition) is 2. The molecule has 0 aliphatic rings. The Morgan fingerprint density at radius 1 is 1.15 bits per heavy atom. The zero-order chi connectivity index (χ0) is 14.4. The van der Waals surface area contributed by atoms with E-state index in [1.165, 1.54) is 17.8 Å². The normalized spacial score (nSPS) is 13.9. The molecule has 0 aliphatic heterocycles. The number of benzene rings is 1. The fraction of sp³-hybridized carbons (Fsp3) is 0.353. The van der Waals surface area contributed by atoms with Gasteiger partial charge in [-0.05, 0) is 30.0 Å². The first-order chi connectivity index (χ1) is 9.70. The summed E-state index contributed by atoms with van der Waals surface area (Å²) in [6, 6.07) is 13.8. The fourth-order valence-electron chi connectivity index (χ4n) is 2.27. The Morgan fingerprint density at radius 2 is 1.90 bits per heavy atom. The van der Waals surface area contributed by atoms with Gasteiger partial charge in [0.05, 0.1) is 11.9 Å². The van der Waals surface area contributed by atoms with Crippen molar-refractivity contribution in [3.05, 3.63) is 65.7 Å². The van der Waals surface area contributed by atoms with Gasteiger partial charge in [-0.3, -0.25) is 4.98 Å². The number of halogens is 1. The fourth-order valence-corrected chi connectivity index (χ4v) is 2.27. The maximum atomic E-state index is 12.9. The smallest absolute Gasteiger partial charge is 0.141 e. The highest BCUT2D eigenvalue weighted by Gasteiger charge is 2.12. The van der Waals surface area contributed by atoms with Gasteiger partial charge in [0, 0.05) is 12.6 Å². The van der Waals surface area contributed by atoms with E-state index in [1.807, 2.05) is 6.07 Å². The van der Waals surface area contributed by atoms with Crippen LogP contribution in [0.2, 0.25) is 0 Å². The molecule has 2 aromatic rings. The topological polar surface area (TPSA) is 24.9 Å². The number of nitrogens with one attached hydrogen (secondary N) is 1. The first-order valence-electron chi connectivity index (χ1n) is 7.10. The summed E-state index contributed by atoms with van der Waals surface area (Å²) in [5, 5.41) is 3.52. The van der Waals surface area contributed by atoms with Crippen molar-refractivity contribution in [2.24, 2.45) is 0 Å². The van der Waals surface area contributed by atoms with Gasteiger partial charge in [-0.15, -0.1) is 0 Å². The lowest BCUT2D eigenvalue weighted by molar-refractivity contribution is 0.483. The largest absolute Gasteiger partial charge is 0.308 e. The summed E-state index contributed by atoms with van der Waals surface area (Å²) in [5.41, 5.74) is 2.22. The van der Waals surface area contributed by atoms with Crippen LogP contribution in [0, 0.1) is 5.82 Å². The van der Waals surface area contributed by atoms with Crippen LogP contribution >= 0.6 is 0 Å². The molecule has 1 aromatic heterocycles. The second-order valence-corrected chi connectivity index (χ2v) is 5.08. The third-order valence-corrected chi connectivity index (χ3v) is 3.55. The molecule has 2 unspecified atom stereocenters. The van der Waals surface area contributed by atoms with Crippen molar-refractivity contribution in [1.29, 1.82) is 0 Å². The average Bonchev–Trinajstić information content (AvgIpc) is 2.50. The van der Waals surface area contributed by atoms with Crippen LogP contribution in [0.4, 0.5) is 4.39 Å². The highest BCUT2D eigenvalue weighted by Crippen LogP contribution is 2.18. The van der Waals surface area contributed by atoms with Crippen LogP contribution in [-0.2, 0) is 0 Å². The van der Waals surface area contributed by atoms with Gasteiger partial charge in [0.15, 0.2) is 0 Å². The SMILES string of the molecule is CCC(NCC(C)c1ccccc1)c1ccc(F)cn1. The van der Waals surface area contributed by atoms with Gasteiger partial charge in [0.25, 0.3) is 0 Å². The molecule has 0 amide bonds. The monoisotopic (exact) mass is 272 g/mol. The molecule has 3 heteroatoms. The maximum absolute atomic E-state index is 12.9. The van der Waals surface area contributed by atoms with Gasteiger partial charge in [-0.2, -0.15) is 0 Å². The second kappa shape index (κ2) is 7.15. The molecule has 1 aromatic carbocycles. The van der Waals surface area contributed by atoms with E-state index in [9.17, 15) is 4.39 Å². The summed E-state index contributed by atoms with van der Waals surface area (Å²) >= 11 is 0. The predicted octanol–water partition coefficient (Wildman–Crippen LogP) is 4.07. The van der Waals surface area contributed by atoms with Crippen molar-refractivity contribution in [3.63, 3.8) is 0 Å². The Labute approximate surface area is 120 Å². The van der Waals surface area contributed by atoms with Crippen LogP contribution in [-0.4, -0.2) is 11.5 Å². The molecule has 0 saturated heterocycles. The molecule has 20 heavy (non-hydrogen) atoms. The van der Waals surface area contributed by atoms with Crippen LogP contribution in [0.3, 0.4) is 0 Å². The predicted molar refractivity (Wildman–Crippen MR) is 80.1 cm³/mol. The third-order valence-electron chi connectivity index (χ3n) is 3.55. The first kappa shape index (κ1) is 14.7. The van der Waals surface area contributed by atoms with E-state index >= 15 is 0 Å². The molecule has 2 atom stereocenters. The van der Waals surface area contributed by atoms with Crippen molar-refractivity contribution in [1.82, 2.24) is 10.3 Å². The van der Waals surface area contributed by atoms with Crippen molar-refractivity contribution in [2.45, 2.75) is 32.2 Å². The van der Waals surface area contributed by atoms with E-state index < -0.39 is 0 Å². The summed E-state index contributed by atoms with van der Waals surface area (Å²) in [6.07, 6.45) is 2.21. The Hall–Kier alpha value is -1.74. The van der Waals surface area contributed by atoms with Gasteiger partial charge in [0.2, 0.25) is 0 Å². The van der Waals surface area contributed by atoms with Crippen LogP contribution in [0.15, 0.2) is 48.7 Å². The van der Waals surface area contributed by atoms with Crippen molar-refractivity contribution >= 4 is 0 Å². The molecule has 0 spiro atoms. The number of pyridine rings is 1. The van der Waals surface area contributed by atoms with Crippen molar-refractivity contribution in [3.8, 4) is 0 Å². The van der Waals surface area contributed by atoms with Crippen molar-refractivity contribution < 1.29 is 4.39 Å². The number of nitrogens with zero attached hydrogens (tertiary/aromatic N) is 1. The minimum Gasteiger partial charge on any atom is -0.308 e. The van der Waals surface area contributed by atoms with Crippen LogP contribution < -0.4 is 5.32 Å². The van der Waals surface area contributed by atoms with E-state index in [0.29, 0.717) is 5.92 Å². The molecule has 106 valence electrons. The number of hydrogen-bond donors (Lipinski definition) is 1. The summed E-state index contributed by atoms with van der Waals surface area (Å²) in [5.74, 6) is 0.145. The van der Waals surface area contributed by atoms with Crippen LogP contribution in [0.1, 0.15) is 43.5 Å². The van der Waals surface area contributed by atoms with E-state index in [1.54, 1.807) is 6.07 Å². The molecule has 0 aliphatic carbocycles. The Bertz CT molecular complexity index is 510. The molecule has 2 nitrogen and oxygen atoms in total. The zero-order valence-electron chi connectivity index (χ0n) is 12.0. The van der Waals surface area contributed by atoms with Gasteiger partial charge in [0.1, 0.15) is 5.82 Å². The molecule has 1 heterocycles. The van der Waals surface area contributed by atoms with E-state index in [0.717, 1.165) is 18.7 Å². The Kier molecular flexibility index (Phi) is 5.24. The quantitative estimate of drug-likeness (QED) is 0.857. The molecule has 0 radical (unpaired) electrons. The van der Waals surface area contributed by atoms with Crippen LogP contribution in [0.5, 0.6) is 0 Å². The summed E-state index contributed by atoms with van der Waals surface area (Å²) in [7, 11) is 0. The summed E-state index contributed by atoms with van der Waals surface area (Å²) in [6.45, 7) is 5.19. The van der Waals surface area contributed by atoms with Gasteiger partial charge < -0.3 is 5.32 Å². The van der Waals surface area contributed by atoms with E-state index in [-0.39, 0.29) is 11.9 Å². The van der Waals surface area contributed by atoms with E-state index in [4.69, 9.17) is 0 Å². The van der Waals surface area contributed by atoms with Gasteiger partial charge in [-0.25, -0.2) is 4.39 Å². The Morgan fingerprint density at radius 3 is 2.50 bits per heavy atom. The third kappa shape index (κ3) is 3.87. The molecule has 1 N–H and O–H groups in total. The summed E-state index contributed by atoms with van der Waals surface area (Å²) in [4.78, 5) is 4.16. The lowest BCUT2D eigenvalue weighted by Gasteiger charge is -2.20. The lowest BCUT2D eigenvalue weighted by atomic mass is 10.0. The zero-order valence-corrected chi connectivity index (χ0v) is 12.0. The van der Waals surface area contributed by atoms with Gasteiger partial charge >= 0.3 is 0 Å².